The third-order valence-corrected chi connectivity index (χ3v) is 5.07. The number of aryl methyl sites for hydroxylation is 2. The number of nitrogens with zero attached hydrogens (tertiary/aromatic N) is 1. The highest BCUT2D eigenvalue weighted by atomic mass is 32.2. The van der Waals surface area contributed by atoms with E-state index in [0.29, 0.717) is 5.69 Å². The lowest BCUT2D eigenvalue weighted by Crippen LogP contribution is -2.17. The molecule has 0 radical (unpaired) electrons. The molecule has 122 valence electrons. The van der Waals surface area contributed by atoms with Gasteiger partial charge in [-0.2, -0.15) is 13.5 Å². The Morgan fingerprint density at radius 1 is 1.35 bits per heavy atom. The first-order valence-corrected chi connectivity index (χ1v) is 8.84. The van der Waals surface area contributed by atoms with Crippen molar-refractivity contribution in [3.05, 3.63) is 41.1 Å². The molecule has 2 aromatic rings. The van der Waals surface area contributed by atoms with E-state index in [9.17, 15) is 13.2 Å². The van der Waals surface area contributed by atoms with Gasteiger partial charge in [0.15, 0.2) is 5.03 Å². The Morgan fingerprint density at radius 3 is 2.91 bits per heavy atom. The number of carbonyl (C=O) groups excluding carboxylic acids is 1. The van der Waals surface area contributed by atoms with Crippen molar-refractivity contribution in [1.82, 2.24) is 10.2 Å². The maximum atomic E-state index is 12.5. The third kappa shape index (κ3) is 3.07. The number of fused-ring (bicyclic) bond motifs is 1. The van der Waals surface area contributed by atoms with Crippen molar-refractivity contribution < 1.29 is 17.9 Å². The third-order valence-electron chi connectivity index (χ3n) is 3.72. The lowest BCUT2D eigenvalue weighted by atomic mass is 10.1. The lowest BCUT2D eigenvalue weighted by molar-refractivity contribution is 0.0522. The van der Waals surface area contributed by atoms with Crippen LogP contribution in [-0.4, -0.2) is 31.2 Å². The number of H-pyrrole nitrogens is 1. The van der Waals surface area contributed by atoms with E-state index >= 15 is 0 Å². The van der Waals surface area contributed by atoms with Crippen LogP contribution in [0, 0.1) is 0 Å². The van der Waals surface area contributed by atoms with E-state index in [2.05, 4.69) is 14.9 Å². The molecular weight excluding hydrogens is 318 g/mol. The van der Waals surface area contributed by atoms with Gasteiger partial charge < -0.3 is 4.74 Å². The maximum absolute atomic E-state index is 12.5. The number of anilines is 1. The summed E-state index contributed by atoms with van der Waals surface area (Å²) in [6.07, 6.45) is 4.20. The van der Waals surface area contributed by atoms with E-state index in [-0.39, 0.29) is 17.2 Å². The van der Waals surface area contributed by atoms with Gasteiger partial charge in [0.05, 0.1) is 12.8 Å². The van der Waals surface area contributed by atoms with Crippen molar-refractivity contribution in [2.24, 2.45) is 0 Å². The monoisotopic (exact) mass is 335 g/mol. The summed E-state index contributed by atoms with van der Waals surface area (Å²) in [5.41, 5.74) is 2.76. The Morgan fingerprint density at radius 2 is 2.13 bits per heavy atom. The Bertz CT molecular complexity index is 842. The Kier molecular flexibility index (Phi) is 4.08. The molecule has 0 amide bonds. The highest BCUT2D eigenvalue weighted by Gasteiger charge is 2.26. The van der Waals surface area contributed by atoms with Crippen molar-refractivity contribution in [3.63, 3.8) is 0 Å². The second-order valence-electron chi connectivity index (χ2n) is 5.28. The van der Waals surface area contributed by atoms with Crippen molar-refractivity contribution in [2.45, 2.75) is 31.2 Å². The first-order valence-electron chi connectivity index (χ1n) is 7.36. The van der Waals surface area contributed by atoms with Gasteiger partial charge in [-0.25, -0.2) is 4.79 Å². The summed E-state index contributed by atoms with van der Waals surface area (Å²) in [4.78, 5) is 11.8. The van der Waals surface area contributed by atoms with E-state index < -0.39 is 16.0 Å². The molecule has 1 aliphatic rings. The SMILES string of the molecule is CCOC(=O)c1cn[nH]c1S(=O)(=O)Nc1ccc2c(c1)CCC2. The Hall–Kier alpha value is -2.35. The maximum Gasteiger partial charge on any atom is 0.342 e. The highest BCUT2D eigenvalue weighted by molar-refractivity contribution is 7.92. The minimum atomic E-state index is -3.95. The number of nitrogens with one attached hydrogen (secondary N) is 2. The van der Waals surface area contributed by atoms with Gasteiger partial charge in [0, 0.05) is 5.69 Å². The number of benzene rings is 1. The van der Waals surface area contributed by atoms with Crippen LogP contribution in [-0.2, 0) is 27.6 Å². The minimum absolute atomic E-state index is 0.111. The molecule has 0 aliphatic heterocycles. The zero-order valence-electron chi connectivity index (χ0n) is 12.6. The van der Waals surface area contributed by atoms with Gasteiger partial charge in [-0.05, 0) is 49.4 Å². The predicted octanol–water partition coefficient (Wildman–Crippen LogP) is 1.88. The van der Waals surface area contributed by atoms with E-state index in [1.54, 1.807) is 13.0 Å². The smallest absolute Gasteiger partial charge is 0.342 e. The summed E-state index contributed by atoms with van der Waals surface area (Å²) in [5.74, 6) is -0.726. The number of hydrogen-bond acceptors (Lipinski definition) is 5. The summed E-state index contributed by atoms with van der Waals surface area (Å²) in [5, 5.41) is 5.71. The molecule has 23 heavy (non-hydrogen) atoms. The summed E-state index contributed by atoms with van der Waals surface area (Å²) < 4.78 is 32.3. The van der Waals surface area contributed by atoms with Crippen LogP contribution in [0.2, 0.25) is 0 Å². The number of carbonyl (C=O) groups is 1. The number of hydrogen-bond donors (Lipinski definition) is 2. The first kappa shape index (κ1) is 15.5. The molecular formula is C15H17N3O4S. The Labute approximate surface area is 134 Å². The molecule has 0 saturated heterocycles. The number of esters is 1. The number of rotatable bonds is 5. The van der Waals surface area contributed by atoms with Crippen LogP contribution in [0.3, 0.4) is 0 Å². The summed E-state index contributed by atoms with van der Waals surface area (Å²) in [6, 6.07) is 5.49. The van der Waals surface area contributed by atoms with Crippen LogP contribution in [0.15, 0.2) is 29.4 Å². The van der Waals surface area contributed by atoms with Gasteiger partial charge in [-0.3, -0.25) is 9.82 Å². The zero-order valence-corrected chi connectivity index (χ0v) is 13.4. The number of aromatic amines is 1. The fraction of sp³-hybridized carbons (Fsp3) is 0.333. The standard InChI is InChI=1S/C15H17N3O4S/c1-2-22-15(19)13-9-16-17-14(13)23(20,21)18-12-7-6-10-4-3-5-11(10)8-12/h6-9,18H,2-5H2,1H3,(H,16,17). The summed E-state index contributed by atoms with van der Waals surface area (Å²) in [6.45, 7) is 1.80. The molecule has 3 rings (SSSR count). The van der Waals surface area contributed by atoms with Crippen LogP contribution in [0.25, 0.3) is 0 Å². The summed E-state index contributed by atoms with van der Waals surface area (Å²) >= 11 is 0. The lowest BCUT2D eigenvalue weighted by Gasteiger charge is -2.09. The largest absolute Gasteiger partial charge is 0.462 e. The fourth-order valence-corrected chi connectivity index (χ4v) is 3.81. The molecule has 8 heteroatoms. The van der Waals surface area contributed by atoms with Crippen molar-refractivity contribution >= 4 is 21.7 Å². The van der Waals surface area contributed by atoms with Crippen LogP contribution >= 0.6 is 0 Å². The Balaban J connectivity index is 1.88. The summed E-state index contributed by atoms with van der Waals surface area (Å²) in [7, 11) is -3.95. The van der Waals surface area contributed by atoms with Gasteiger partial charge in [0.2, 0.25) is 0 Å². The molecule has 0 unspecified atom stereocenters. The molecule has 7 nitrogen and oxygen atoms in total. The highest BCUT2D eigenvalue weighted by Crippen LogP contribution is 2.26. The fourth-order valence-electron chi connectivity index (χ4n) is 2.67. The quantitative estimate of drug-likeness (QED) is 0.812. The van der Waals surface area contributed by atoms with Gasteiger partial charge >= 0.3 is 5.97 Å². The molecule has 1 aromatic carbocycles. The molecule has 1 aliphatic carbocycles. The van der Waals surface area contributed by atoms with Crippen LogP contribution in [0.4, 0.5) is 5.69 Å². The van der Waals surface area contributed by atoms with E-state index in [1.807, 2.05) is 12.1 Å². The van der Waals surface area contributed by atoms with Crippen LogP contribution in [0.1, 0.15) is 34.8 Å². The molecule has 0 spiro atoms. The molecule has 0 fully saturated rings. The molecule has 0 bridgehead atoms. The molecule has 1 aromatic heterocycles. The minimum Gasteiger partial charge on any atom is -0.462 e. The normalized spacial score (nSPS) is 13.6. The van der Waals surface area contributed by atoms with Crippen molar-refractivity contribution in [1.29, 1.82) is 0 Å². The van der Waals surface area contributed by atoms with Crippen LogP contribution in [0.5, 0.6) is 0 Å². The van der Waals surface area contributed by atoms with Crippen molar-refractivity contribution in [2.75, 3.05) is 11.3 Å². The molecule has 0 saturated carbocycles. The van der Waals surface area contributed by atoms with Gasteiger partial charge in [0.1, 0.15) is 5.56 Å². The first-order chi connectivity index (χ1) is 11.0. The second-order valence-corrected chi connectivity index (χ2v) is 6.90. The van der Waals surface area contributed by atoms with Crippen LogP contribution < -0.4 is 4.72 Å². The van der Waals surface area contributed by atoms with Gasteiger partial charge in [0.25, 0.3) is 10.0 Å². The van der Waals surface area contributed by atoms with E-state index in [0.717, 1.165) is 31.0 Å². The number of sulfonamides is 1. The van der Waals surface area contributed by atoms with Crippen molar-refractivity contribution in [3.8, 4) is 0 Å². The number of ether oxygens (including phenoxy) is 1. The number of aromatic nitrogens is 2. The molecule has 1 heterocycles. The predicted molar refractivity (Wildman–Crippen MR) is 83.8 cm³/mol. The molecule has 2 N–H and O–H groups in total. The van der Waals surface area contributed by atoms with E-state index in [4.69, 9.17) is 4.74 Å². The topological polar surface area (TPSA) is 101 Å². The average Bonchev–Trinajstić information content (AvgIpc) is 3.16. The van der Waals surface area contributed by atoms with Gasteiger partial charge in [-0.15, -0.1) is 0 Å². The zero-order chi connectivity index (χ0) is 16.4. The second kappa shape index (κ2) is 6.04. The molecule has 0 atom stereocenters. The average molecular weight is 335 g/mol. The van der Waals surface area contributed by atoms with E-state index in [1.165, 1.54) is 5.56 Å². The van der Waals surface area contributed by atoms with Gasteiger partial charge in [-0.1, -0.05) is 6.07 Å².